The number of piperidine rings is 1. The topological polar surface area (TPSA) is 90.4 Å². The van der Waals surface area contributed by atoms with Gasteiger partial charge in [-0.15, -0.1) is 0 Å². The quantitative estimate of drug-likeness (QED) is 0.311. The van der Waals surface area contributed by atoms with Crippen LogP contribution in [0.15, 0.2) is 48.5 Å². The molecule has 0 unspecified atom stereocenters. The van der Waals surface area contributed by atoms with Gasteiger partial charge in [-0.3, -0.25) is 9.69 Å². The summed E-state index contributed by atoms with van der Waals surface area (Å²) in [4.78, 5) is 19.4. The fourth-order valence-corrected chi connectivity index (χ4v) is 9.03. The van der Waals surface area contributed by atoms with E-state index in [-0.39, 0.29) is 42.3 Å². The van der Waals surface area contributed by atoms with Crippen LogP contribution in [0.5, 0.6) is 0 Å². The summed E-state index contributed by atoms with van der Waals surface area (Å²) in [6.45, 7) is 5.74. The summed E-state index contributed by atoms with van der Waals surface area (Å²) in [7, 11) is -1.81. The second-order valence-electron chi connectivity index (χ2n) is 12.6. The van der Waals surface area contributed by atoms with Crippen molar-refractivity contribution in [1.82, 2.24) is 14.1 Å². The van der Waals surface area contributed by atoms with E-state index in [0.29, 0.717) is 68.3 Å². The normalized spacial score (nSPS) is 25.9. The number of hydrogen-bond donors (Lipinski definition) is 1. The zero-order valence-electron chi connectivity index (χ0n) is 25.7. The second-order valence-corrected chi connectivity index (χ2v) is 15.8. The van der Waals surface area contributed by atoms with Crippen molar-refractivity contribution in [3.63, 3.8) is 0 Å². The van der Waals surface area contributed by atoms with Crippen LogP contribution in [0.4, 0.5) is 0 Å². The van der Waals surface area contributed by atoms with Crippen molar-refractivity contribution < 1.29 is 23.1 Å². The Labute approximate surface area is 272 Å². The molecule has 2 aromatic rings. The molecule has 1 saturated carbocycles. The molecule has 4 atom stereocenters. The molecule has 2 saturated heterocycles. The van der Waals surface area contributed by atoms with Gasteiger partial charge in [0.15, 0.2) is 0 Å². The molecule has 3 fully saturated rings. The Balaban J connectivity index is 1.62. The maximum Gasteiger partial charge on any atom is 0.229 e. The minimum atomic E-state index is -3.45. The molecule has 1 aliphatic carbocycles. The largest absolute Gasteiger partial charge is 0.396 e. The molecule has 11 heteroatoms. The molecule has 0 radical (unpaired) electrons. The van der Waals surface area contributed by atoms with Crippen LogP contribution in [0.25, 0.3) is 0 Å². The molecule has 0 aromatic heterocycles. The molecule has 0 spiro atoms. The van der Waals surface area contributed by atoms with Crippen LogP contribution < -0.4 is 0 Å². The minimum Gasteiger partial charge on any atom is -0.396 e. The Kier molecular flexibility index (Phi) is 11.0. The van der Waals surface area contributed by atoms with Crippen molar-refractivity contribution >= 4 is 39.1 Å². The van der Waals surface area contributed by atoms with Gasteiger partial charge in [-0.1, -0.05) is 54.4 Å². The van der Waals surface area contributed by atoms with E-state index in [1.165, 1.54) is 4.31 Å². The first kappa shape index (κ1) is 33.6. The van der Waals surface area contributed by atoms with Gasteiger partial charge in [-0.05, 0) is 80.5 Å². The van der Waals surface area contributed by atoms with Crippen molar-refractivity contribution in [2.45, 2.75) is 68.7 Å². The smallest absolute Gasteiger partial charge is 0.229 e. The van der Waals surface area contributed by atoms with E-state index in [1.54, 1.807) is 7.05 Å². The lowest BCUT2D eigenvalue weighted by atomic mass is 9.64. The van der Waals surface area contributed by atoms with Gasteiger partial charge in [-0.25, -0.2) is 12.7 Å². The summed E-state index contributed by atoms with van der Waals surface area (Å²) < 4.78 is 33.6. The zero-order valence-corrected chi connectivity index (χ0v) is 28.0. The second kappa shape index (κ2) is 14.4. The maximum absolute atomic E-state index is 15.1. The summed E-state index contributed by atoms with van der Waals surface area (Å²) in [5.74, 6) is -0.176. The van der Waals surface area contributed by atoms with Crippen molar-refractivity contribution in [1.29, 1.82) is 0 Å². The highest BCUT2D eigenvalue weighted by molar-refractivity contribution is 7.90. The third-order valence-electron chi connectivity index (χ3n) is 9.78. The number of morpholine rings is 1. The molecule has 2 aromatic carbocycles. The molecule has 2 aliphatic heterocycles. The number of aliphatic hydroxyl groups excluding tert-OH is 1. The predicted octanol–water partition coefficient (Wildman–Crippen LogP) is 5.34. The number of nitrogens with zero attached hydrogens (tertiary/aromatic N) is 3. The van der Waals surface area contributed by atoms with Gasteiger partial charge in [0.2, 0.25) is 15.9 Å². The number of halogens is 2. The summed E-state index contributed by atoms with van der Waals surface area (Å²) >= 11 is 12.9. The van der Waals surface area contributed by atoms with E-state index in [9.17, 15) is 13.5 Å². The number of likely N-dealkylation sites (N-methyl/N-ethyl adjacent to an activating group) is 1. The molecule has 2 heterocycles. The molecule has 3 aliphatic rings. The Bertz CT molecular complexity index is 1380. The molecule has 1 N–H and O–H groups in total. The molecule has 1 amide bonds. The van der Waals surface area contributed by atoms with Gasteiger partial charge >= 0.3 is 0 Å². The van der Waals surface area contributed by atoms with Gasteiger partial charge in [0.05, 0.1) is 29.9 Å². The highest BCUT2D eigenvalue weighted by Crippen LogP contribution is 2.54. The molecular formula is C33H45Cl2N3O5S. The van der Waals surface area contributed by atoms with E-state index >= 15 is 4.79 Å². The molecule has 44 heavy (non-hydrogen) atoms. The number of rotatable bonds is 13. The van der Waals surface area contributed by atoms with Crippen LogP contribution in [0.2, 0.25) is 10.0 Å². The lowest BCUT2D eigenvalue weighted by Crippen LogP contribution is -2.59. The monoisotopic (exact) mass is 665 g/mol. The molecule has 5 rings (SSSR count). The summed E-state index contributed by atoms with van der Waals surface area (Å²) in [5.41, 5.74) is 1.10. The first-order chi connectivity index (χ1) is 21.1. The van der Waals surface area contributed by atoms with Crippen LogP contribution in [0.3, 0.4) is 0 Å². The molecular weight excluding hydrogens is 621 g/mol. The highest BCUT2D eigenvalue weighted by atomic mass is 35.5. The number of carbonyl (C=O) groups excluding carboxylic acids is 1. The highest BCUT2D eigenvalue weighted by Gasteiger charge is 2.54. The SMILES string of the molecule is CC[C@H](CN(C)S(=O)(=O)C1CC1)N1C(=O)[C@](CCO)(CCN2CCOCC2)C[C@H](c2cccc(Cl)c2)[C@H]1c1ccc(Cl)cc1. The van der Waals surface area contributed by atoms with Gasteiger partial charge < -0.3 is 14.7 Å². The molecule has 8 nitrogen and oxygen atoms in total. The minimum absolute atomic E-state index is 0.0258. The number of hydrogen-bond acceptors (Lipinski definition) is 6. The third kappa shape index (κ3) is 7.30. The summed E-state index contributed by atoms with van der Waals surface area (Å²) in [6, 6.07) is 14.7. The summed E-state index contributed by atoms with van der Waals surface area (Å²) in [6.07, 6.45) is 3.37. The Morgan fingerprint density at radius 2 is 1.75 bits per heavy atom. The van der Waals surface area contributed by atoms with Crippen molar-refractivity contribution in [2.75, 3.05) is 53.0 Å². The Hall–Kier alpha value is -1.72. The van der Waals surface area contributed by atoms with Crippen LogP contribution in [0, 0.1) is 5.41 Å². The number of sulfonamides is 1. The average Bonchev–Trinajstić information content (AvgIpc) is 3.88. The van der Waals surface area contributed by atoms with Crippen molar-refractivity contribution in [3.8, 4) is 0 Å². The van der Waals surface area contributed by atoms with E-state index in [1.807, 2.05) is 54.3 Å². The van der Waals surface area contributed by atoms with Gasteiger partial charge in [0.25, 0.3) is 0 Å². The van der Waals surface area contributed by atoms with Crippen LogP contribution in [-0.4, -0.2) is 97.9 Å². The number of carbonyl (C=O) groups is 1. The Morgan fingerprint density at radius 3 is 2.36 bits per heavy atom. The Morgan fingerprint density at radius 1 is 1.05 bits per heavy atom. The molecule has 0 bridgehead atoms. The van der Waals surface area contributed by atoms with E-state index in [0.717, 1.165) is 24.2 Å². The van der Waals surface area contributed by atoms with Gasteiger partial charge in [0, 0.05) is 55.3 Å². The van der Waals surface area contributed by atoms with Crippen molar-refractivity contribution in [3.05, 3.63) is 69.7 Å². The van der Waals surface area contributed by atoms with Crippen molar-refractivity contribution in [2.24, 2.45) is 5.41 Å². The fraction of sp³-hybridized carbons (Fsp3) is 0.606. The van der Waals surface area contributed by atoms with E-state index in [4.69, 9.17) is 27.9 Å². The molecule has 242 valence electrons. The standard InChI is InChI=1S/C33H45Cl2N3O5S/c1-3-28(23-36(2)44(41,42)29-11-12-29)38-31(24-7-9-26(34)10-8-24)30(25-5-4-6-27(35)21-25)22-33(14-18-39,32(38)40)13-15-37-16-19-43-20-17-37/h4-10,21,28-31,39H,3,11-20,22-23H2,1-2H3/t28-,30-,31-,33+/m1/s1. The number of likely N-dealkylation sites (tertiary alicyclic amines) is 1. The first-order valence-corrected chi connectivity index (χ1v) is 18.1. The van der Waals surface area contributed by atoms with Crippen LogP contribution in [-0.2, 0) is 19.6 Å². The number of ether oxygens (including phenoxy) is 1. The van der Waals surface area contributed by atoms with Gasteiger partial charge in [0.1, 0.15) is 0 Å². The number of benzene rings is 2. The first-order valence-electron chi connectivity index (χ1n) is 15.8. The number of amides is 1. The lowest BCUT2D eigenvalue weighted by molar-refractivity contribution is -0.159. The van der Waals surface area contributed by atoms with Gasteiger partial charge in [-0.2, -0.15) is 0 Å². The lowest BCUT2D eigenvalue weighted by Gasteiger charge is -2.54. The average molecular weight is 667 g/mol. The van der Waals surface area contributed by atoms with E-state index < -0.39 is 15.4 Å². The predicted molar refractivity (Wildman–Crippen MR) is 175 cm³/mol. The van der Waals surface area contributed by atoms with Crippen LogP contribution in [0.1, 0.15) is 68.5 Å². The van der Waals surface area contributed by atoms with E-state index in [2.05, 4.69) is 11.0 Å². The third-order valence-corrected chi connectivity index (χ3v) is 12.6. The zero-order chi connectivity index (χ0) is 31.5. The van der Waals surface area contributed by atoms with Crippen LogP contribution >= 0.6 is 23.2 Å². The maximum atomic E-state index is 15.1. The summed E-state index contributed by atoms with van der Waals surface area (Å²) in [5, 5.41) is 11.3. The number of aliphatic hydroxyl groups is 1. The fourth-order valence-electron chi connectivity index (χ4n) is 7.09.